The molecule has 0 unspecified atom stereocenters. The molecule has 96 valence electrons. The fraction of sp³-hybridized carbons (Fsp3) is 0.143. The predicted molar refractivity (Wildman–Crippen MR) is 70.0 cm³/mol. The maximum atomic E-state index is 10.9. The quantitative estimate of drug-likeness (QED) is 0.427. The summed E-state index contributed by atoms with van der Waals surface area (Å²) in [6.07, 6.45) is 15.6. The van der Waals surface area contributed by atoms with Crippen LogP contribution >= 0.6 is 0 Å². The lowest BCUT2D eigenvalue weighted by atomic mass is 10.3. The van der Waals surface area contributed by atoms with Crippen molar-refractivity contribution in [1.29, 1.82) is 0 Å². The fourth-order valence-electron chi connectivity index (χ4n) is 0.847. The number of allylic oxidation sites excluding steroid dienone is 8. The first-order valence-electron chi connectivity index (χ1n) is 5.41. The molecule has 18 heavy (non-hydrogen) atoms. The van der Waals surface area contributed by atoms with Crippen LogP contribution in [0.2, 0.25) is 0 Å². The molecule has 0 fully saturated rings. The Morgan fingerprint density at radius 2 is 1.33 bits per heavy atom. The predicted octanol–water partition coefficient (Wildman–Crippen LogP) is 2.42. The molecule has 0 bridgehead atoms. The minimum Gasteiger partial charge on any atom is -0.478 e. The minimum atomic E-state index is -0.979. The smallest absolute Gasteiger partial charge is 0.330 e. The average Bonchev–Trinajstić information content (AvgIpc) is 2.31. The zero-order valence-corrected chi connectivity index (χ0v) is 10.2. The van der Waals surface area contributed by atoms with Gasteiger partial charge in [0.15, 0.2) is 0 Å². The van der Waals surface area contributed by atoms with Crippen molar-refractivity contribution in [3.8, 4) is 0 Å². The van der Waals surface area contributed by atoms with Crippen LogP contribution < -0.4 is 0 Å². The van der Waals surface area contributed by atoms with Gasteiger partial charge in [-0.15, -0.1) is 0 Å². The van der Waals surface area contributed by atoms with E-state index >= 15 is 0 Å². The second-order valence-electron chi connectivity index (χ2n) is 2.96. The van der Waals surface area contributed by atoms with E-state index in [1.807, 2.05) is 0 Å². The summed E-state index contributed by atoms with van der Waals surface area (Å²) >= 11 is 0. The first-order chi connectivity index (χ1) is 8.66. The van der Waals surface area contributed by atoms with Crippen molar-refractivity contribution in [2.24, 2.45) is 0 Å². The third-order valence-electron chi connectivity index (χ3n) is 1.54. The summed E-state index contributed by atoms with van der Waals surface area (Å²) in [5.74, 6) is -1.35. The lowest BCUT2D eigenvalue weighted by Crippen LogP contribution is -1.98. The Kier molecular flexibility index (Phi) is 9.68. The van der Waals surface area contributed by atoms with E-state index in [-0.39, 0.29) is 5.97 Å². The number of rotatable bonds is 7. The summed E-state index contributed by atoms with van der Waals surface area (Å²) in [4.78, 5) is 21.0. The number of esters is 1. The van der Waals surface area contributed by atoms with Crippen LogP contribution in [0.4, 0.5) is 0 Å². The van der Waals surface area contributed by atoms with E-state index in [0.29, 0.717) is 6.61 Å². The van der Waals surface area contributed by atoms with Crippen molar-refractivity contribution in [1.82, 2.24) is 0 Å². The number of carbonyl (C=O) groups is 2. The van der Waals surface area contributed by atoms with Gasteiger partial charge < -0.3 is 9.84 Å². The Labute approximate surface area is 106 Å². The molecule has 0 saturated heterocycles. The molecule has 0 rings (SSSR count). The van der Waals surface area contributed by atoms with E-state index in [2.05, 4.69) is 4.74 Å². The van der Waals surface area contributed by atoms with Crippen molar-refractivity contribution in [3.63, 3.8) is 0 Å². The van der Waals surface area contributed by atoms with Crippen LogP contribution in [0.15, 0.2) is 60.8 Å². The lowest BCUT2D eigenvalue weighted by molar-refractivity contribution is -0.137. The van der Waals surface area contributed by atoms with Crippen LogP contribution in [0.3, 0.4) is 0 Å². The van der Waals surface area contributed by atoms with Gasteiger partial charge in [0.1, 0.15) is 0 Å². The molecule has 0 atom stereocenters. The molecule has 4 nitrogen and oxygen atoms in total. The third kappa shape index (κ3) is 11.7. The van der Waals surface area contributed by atoms with E-state index in [1.54, 1.807) is 49.5 Å². The largest absolute Gasteiger partial charge is 0.478 e. The van der Waals surface area contributed by atoms with Gasteiger partial charge in [0.05, 0.1) is 6.61 Å². The van der Waals surface area contributed by atoms with Gasteiger partial charge in [0.2, 0.25) is 0 Å². The summed E-state index contributed by atoms with van der Waals surface area (Å²) in [5, 5.41) is 8.30. The zero-order valence-electron chi connectivity index (χ0n) is 10.2. The van der Waals surface area contributed by atoms with Gasteiger partial charge in [-0.2, -0.15) is 0 Å². The van der Waals surface area contributed by atoms with Crippen LogP contribution in [0.5, 0.6) is 0 Å². The molecule has 0 spiro atoms. The summed E-state index contributed by atoms with van der Waals surface area (Å²) in [6, 6.07) is 0. The van der Waals surface area contributed by atoms with Crippen molar-refractivity contribution in [3.05, 3.63) is 60.8 Å². The van der Waals surface area contributed by atoms with E-state index < -0.39 is 5.97 Å². The number of ether oxygens (including phenoxy) is 1. The molecule has 4 heteroatoms. The van der Waals surface area contributed by atoms with Crippen LogP contribution in [-0.4, -0.2) is 23.7 Å². The van der Waals surface area contributed by atoms with Crippen LogP contribution in [0.25, 0.3) is 0 Å². The van der Waals surface area contributed by atoms with Crippen LogP contribution in [0, 0.1) is 0 Å². The molecule has 0 aliphatic heterocycles. The van der Waals surface area contributed by atoms with Crippen LogP contribution in [-0.2, 0) is 14.3 Å². The first-order valence-corrected chi connectivity index (χ1v) is 5.41. The third-order valence-corrected chi connectivity index (χ3v) is 1.54. The normalized spacial score (nSPS) is 12.5. The van der Waals surface area contributed by atoms with Gasteiger partial charge in [-0.1, -0.05) is 48.6 Å². The Bertz CT molecular complexity index is 398. The molecule has 0 aromatic rings. The van der Waals surface area contributed by atoms with Gasteiger partial charge in [-0.3, -0.25) is 0 Å². The second kappa shape index (κ2) is 11.1. The minimum absolute atomic E-state index is 0.363. The number of carboxylic acids is 1. The molecule has 0 aliphatic carbocycles. The molecule has 0 radical (unpaired) electrons. The highest BCUT2D eigenvalue weighted by atomic mass is 16.5. The number of carbonyl (C=O) groups excluding carboxylic acids is 1. The molecular weight excluding hydrogens is 232 g/mol. The number of hydrogen-bond acceptors (Lipinski definition) is 3. The molecular formula is C14H16O4. The lowest BCUT2D eigenvalue weighted by Gasteiger charge is -1.92. The topological polar surface area (TPSA) is 63.6 Å². The first kappa shape index (κ1) is 15.6. The summed E-state index contributed by atoms with van der Waals surface area (Å²) in [5.41, 5.74) is 0. The molecule has 1 N–H and O–H groups in total. The van der Waals surface area contributed by atoms with Crippen LogP contribution in [0.1, 0.15) is 6.92 Å². The number of aliphatic carboxylic acids is 1. The maximum absolute atomic E-state index is 10.9. The zero-order chi connectivity index (χ0) is 13.6. The second-order valence-corrected chi connectivity index (χ2v) is 2.96. The Morgan fingerprint density at radius 1 is 0.889 bits per heavy atom. The van der Waals surface area contributed by atoms with Crippen molar-refractivity contribution in [2.45, 2.75) is 6.92 Å². The summed E-state index contributed by atoms with van der Waals surface area (Å²) in [6.45, 7) is 2.11. The fourth-order valence-corrected chi connectivity index (χ4v) is 0.847. The van der Waals surface area contributed by atoms with Crippen molar-refractivity contribution >= 4 is 11.9 Å². The highest BCUT2D eigenvalue weighted by Crippen LogP contribution is 1.85. The van der Waals surface area contributed by atoms with Gasteiger partial charge in [0.25, 0.3) is 0 Å². The molecule has 0 heterocycles. The molecule has 0 aromatic heterocycles. The molecule has 0 aliphatic rings. The van der Waals surface area contributed by atoms with Gasteiger partial charge in [-0.25, -0.2) is 9.59 Å². The van der Waals surface area contributed by atoms with E-state index in [4.69, 9.17) is 5.11 Å². The average molecular weight is 248 g/mol. The standard InChI is InChI=1S/C14H16O4/c1-2-18-14(17)12-10-8-6-4-3-5-7-9-11-13(15)16/h3-12H,2H2,1H3,(H,15,16)/b4-3+,7-5+,8-6+,11-9+,12-10+. The maximum Gasteiger partial charge on any atom is 0.330 e. The van der Waals surface area contributed by atoms with Crippen molar-refractivity contribution < 1.29 is 19.4 Å². The monoisotopic (exact) mass is 248 g/mol. The number of carboxylic acid groups (broad SMARTS) is 1. The Balaban J connectivity index is 3.88. The van der Waals surface area contributed by atoms with E-state index in [9.17, 15) is 9.59 Å². The molecule has 0 aromatic carbocycles. The molecule has 0 amide bonds. The highest BCUT2D eigenvalue weighted by molar-refractivity contribution is 5.82. The Hall–Kier alpha value is -2.36. The SMILES string of the molecule is CCOC(=O)/C=C/C=C/C=C/C=C/C=C/C(=O)O. The van der Waals surface area contributed by atoms with Crippen molar-refractivity contribution in [2.75, 3.05) is 6.61 Å². The van der Waals surface area contributed by atoms with Gasteiger partial charge >= 0.3 is 11.9 Å². The van der Waals surface area contributed by atoms with Gasteiger partial charge in [0, 0.05) is 12.2 Å². The molecule has 0 saturated carbocycles. The summed E-state index contributed by atoms with van der Waals surface area (Å²) in [7, 11) is 0. The Morgan fingerprint density at radius 3 is 1.78 bits per heavy atom. The number of hydrogen-bond donors (Lipinski definition) is 1. The van der Waals surface area contributed by atoms with E-state index in [0.717, 1.165) is 6.08 Å². The highest BCUT2D eigenvalue weighted by Gasteiger charge is 1.89. The van der Waals surface area contributed by atoms with E-state index in [1.165, 1.54) is 12.2 Å². The summed E-state index contributed by atoms with van der Waals surface area (Å²) < 4.78 is 4.69. The van der Waals surface area contributed by atoms with Gasteiger partial charge in [-0.05, 0) is 6.92 Å².